The maximum atomic E-state index is 6.08. The molecule has 78 valence electrons. The predicted molar refractivity (Wildman–Crippen MR) is 63.2 cm³/mol. The first kappa shape index (κ1) is 10.5. The third-order valence-electron chi connectivity index (χ3n) is 2.25. The van der Waals surface area contributed by atoms with Crippen molar-refractivity contribution in [1.82, 2.24) is 9.78 Å². The zero-order valence-corrected chi connectivity index (χ0v) is 9.76. The molecule has 0 saturated carbocycles. The van der Waals surface area contributed by atoms with Crippen LogP contribution in [0.4, 0.5) is 0 Å². The van der Waals surface area contributed by atoms with Crippen molar-refractivity contribution >= 4 is 23.2 Å². The molecule has 0 aliphatic heterocycles. The van der Waals surface area contributed by atoms with Crippen molar-refractivity contribution in [2.24, 2.45) is 7.05 Å². The van der Waals surface area contributed by atoms with Crippen LogP contribution in [0.1, 0.15) is 5.56 Å². The van der Waals surface area contributed by atoms with Crippen LogP contribution in [-0.4, -0.2) is 9.78 Å². The van der Waals surface area contributed by atoms with Crippen LogP contribution < -0.4 is 0 Å². The fourth-order valence-electron chi connectivity index (χ4n) is 1.49. The van der Waals surface area contributed by atoms with E-state index in [9.17, 15) is 0 Å². The summed E-state index contributed by atoms with van der Waals surface area (Å²) >= 11 is 11.9. The average molecular weight is 241 g/mol. The quantitative estimate of drug-likeness (QED) is 0.736. The van der Waals surface area contributed by atoms with Crippen LogP contribution in [0.2, 0.25) is 5.15 Å². The smallest absolute Gasteiger partial charge is 0.131 e. The van der Waals surface area contributed by atoms with E-state index in [4.69, 9.17) is 23.2 Å². The highest BCUT2D eigenvalue weighted by molar-refractivity contribution is 6.31. The third-order valence-corrected chi connectivity index (χ3v) is 2.99. The molecular weight excluding hydrogens is 231 g/mol. The monoisotopic (exact) mass is 240 g/mol. The van der Waals surface area contributed by atoms with Gasteiger partial charge in [-0.2, -0.15) is 5.10 Å². The van der Waals surface area contributed by atoms with Gasteiger partial charge >= 0.3 is 0 Å². The van der Waals surface area contributed by atoms with Gasteiger partial charge in [-0.1, -0.05) is 41.9 Å². The molecule has 15 heavy (non-hydrogen) atoms. The van der Waals surface area contributed by atoms with Crippen LogP contribution in [0.25, 0.3) is 11.3 Å². The van der Waals surface area contributed by atoms with E-state index in [1.807, 2.05) is 37.4 Å². The van der Waals surface area contributed by atoms with E-state index in [0.717, 1.165) is 16.8 Å². The van der Waals surface area contributed by atoms with Gasteiger partial charge in [-0.15, -0.1) is 11.6 Å². The second-order valence-corrected chi connectivity index (χ2v) is 3.87. The Morgan fingerprint density at radius 2 is 1.93 bits per heavy atom. The van der Waals surface area contributed by atoms with Crippen molar-refractivity contribution in [3.8, 4) is 11.3 Å². The van der Waals surface area contributed by atoms with Gasteiger partial charge in [0.05, 0.1) is 11.6 Å². The van der Waals surface area contributed by atoms with Crippen molar-refractivity contribution in [3.63, 3.8) is 0 Å². The molecule has 2 nitrogen and oxygen atoms in total. The molecule has 0 spiro atoms. The lowest BCUT2D eigenvalue weighted by Crippen LogP contribution is -1.89. The van der Waals surface area contributed by atoms with E-state index in [2.05, 4.69) is 5.10 Å². The van der Waals surface area contributed by atoms with Gasteiger partial charge in [0.1, 0.15) is 5.15 Å². The molecule has 0 amide bonds. The number of aryl methyl sites for hydroxylation is 1. The minimum atomic E-state index is 0.372. The van der Waals surface area contributed by atoms with Gasteiger partial charge in [0, 0.05) is 18.2 Å². The van der Waals surface area contributed by atoms with E-state index in [1.165, 1.54) is 0 Å². The average Bonchev–Trinajstić information content (AvgIpc) is 2.56. The Morgan fingerprint density at radius 3 is 2.53 bits per heavy atom. The lowest BCUT2D eigenvalue weighted by Gasteiger charge is -1.98. The fraction of sp³-hybridized carbons (Fsp3) is 0.182. The number of halogens is 2. The van der Waals surface area contributed by atoms with Crippen molar-refractivity contribution in [3.05, 3.63) is 41.0 Å². The summed E-state index contributed by atoms with van der Waals surface area (Å²) in [6, 6.07) is 9.89. The van der Waals surface area contributed by atoms with Gasteiger partial charge in [0.25, 0.3) is 0 Å². The van der Waals surface area contributed by atoms with Gasteiger partial charge < -0.3 is 0 Å². The van der Waals surface area contributed by atoms with Gasteiger partial charge in [-0.3, -0.25) is 4.68 Å². The van der Waals surface area contributed by atoms with Gasteiger partial charge in [0.15, 0.2) is 0 Å². The van der Waals surface area contributed by atoms with Crippen LogP contribution in [0.3, 0.4) is 0 Å². The zero-order chi connectivity index (χ0) is 10.8. The summed E-state index contributed by atoms with van der Waals surface area (Å²) in [5.74, 6) is 0.372. The van der Waals surface area contributed by atoms with Crippen LogP contribution in [0, 0.1) is 0 Å². The number of rotatable bonds is 2. The molecule has 4 heteroatoms. The number of nitrogens with zero attached hydrogens (tertiary/aromatic N) is 2. The van der Waals surface area contributed by atoms with Crippen molar-refractivity contribution in [2.45, 2.75) is 5.88 Å². The maximum Gasteiger partial charge on any atom is 0.131 e. The second-order valence-electron chi connectivity index (χ2n) is 3.24. The number of aromatic nitrogens is 2. The minimum Gasteiger partial charge on any atom is -0.256 e. The molecule has 0 aliphatic carbocycles. The van der Waals surface area contributed by atoms with Crippen molar-refractivity contribution in [2.75, 3.05) is 0 Å². The second kappa shape index (κ2) is 4.25. The molecular formula is C11H10Cl2N2. The molecule has 0 radical (unpaired) electrons. The van der Waals surface area contributed by atoms with Crippen molar-refractivity contribution in [1.29, 1.82) is 0 Å². The lowest BCUT2D eigenvalue weighted by molar-refractivity contribution is 0.771. The highest BCUT2D eigenvalue weighted by Gasteiger charge is 2.14. The highest BCUT2D eigenvalue weighted by Crippen LogP contribution is 2.29. The van der Waals surface area contributed by atoms with E-state index >= 15 is 0 Å². The first-order valence-electron chi connectivity index (χ1n) is 4.56. The molecule has 0 fully saturated rings. The molecule has 0 unspecified atom stereocenters. The molecule has 0 aliphatic rings. The Morgan fingerprint density at radius 1 is 1.27 bits per heavy atom. The largest absolute Gasteiger partial charge is 0.256 e. The fourth-order valence-corrected chi connectivity index (χ4v) is 2.01. The Kier molecular flexibility index (Phi) is 2.98. The summed E-state index contributed by atoms with van der Waals surface area (Å²) in [5.41, 5.74) is 2.78. The molecule has 2 aromatic rings. The number of alkyl halides is 1. The van der Waals surface area contributed by atoms with Crippen LogP contribution in [-0.2, 0) is 12.9 Å². The molecule has 0 saturated heterocycles. The topological polar surface area (TPSA) is 17.8 Å². The summed E-state index contributed by atoms with van der Waals surface area (Å²) in [7, 11) is 1.81. The molecule has 0 atom stereocenters. The summed E-state index contributed by atoms with van der Waals surface area (Å²) in [5, 5.41) is 4.95. The van der Waals surface area contributed by atoms with Gasteiger partial charge in [-0.05, 0) is 0 Å². The Hall–Kier alpha value is -0.990. The zero-order valence-electron chi connectivity index (χ0n) is 8.24. The highest BCUT2D eigenvalue weighted by atomic mass is 35.5. The number of benzene rings is 1. The molecule has 0 bridgehead atoms. The summed E-state index contributed by atoms with van der Waals surface area (Å²) in [4.78, 5) is 0. The standard InChI is InChI=1S/C11H10Cl2N2/c1-15-11(13)9(7-12)10(14-15)8-5-3-2-4-6-8/h2-6H,7H2,1H3. The molecule has 0 N–H and O–H groups in total. The Bertz CT molecular complexity index is 463. The van der Waals surface area contributed by atoms with Crippen LogP contribution in [0.15, 0.2) is 30.3 Å². The lowest BCUT2D eigenvalue weighted by atomic mass is 10.1. The SMILES string of the molecule is Cn1nc(-c2ccccc2)c(CCl)c1Cl. The number of hydrogen-bond donors (Lipinski definition) is 0. The van der Waals surface area contributed by atoms with E-state index in [-0.39, 0.29) is 0 Å². The first-order valence-corrected chi connectivity index (χ1v) is 5.48. The van der Waals surface area contributed by atoms with E-state index in [1.54, 1.807) is 4.68 Å². The molecule has 2 rings (SSSR count). The van der Waals surface area contributed by atoms with E-state index in [0.29, 0.717) is 11.0 Å². The summed E-state index contributed by atoms with van der Waals surface area (Å²) < 4.78 is 1.64. The molecule has 1 aromatic heterocycles. The Balaban J connectivity index is 2.58. The van der Waals surface area contributed by atoms with Crippen molar-refractivity contribution < 1.29 is 0 Å². The molecule has 1 aromatic carbocycles. The van der Waals surface area contributed by atoms with Gasteiger partial charge in [-0.25, -0.2) is 0 Å². The minimum absolute atomic E-state index is 0.372. The summed E-state index contributed by atoms with van der Waals surface area (Å²) in [6.07, 6.45) is 0. The summed E-state index contributed by atoms with van der Waals surface area (Å²) in [6.45, 7) is 0. The molecule has 1 heterocycles. The predicted octanol–water partition coefficient (Wildman–Crippen LogP) is 3.48. The first-order chi connectivity index (χ1) is 7.24. The van der Waals surface area contributed by atoms with Crippen LogP contribution in [0.5, 0.6) is 0 Å². The van der Waals surface area contributed by atoms with Gasteiger partial charge in [0.2, 0.25) is 0 Å². The van der Waals surface area contributed by atoms with Crippen LogP contribution >= 0.6 is 23.2 Å². The normalized spacial score (nSPS) is 10.6. The van der Waals surface area contributed by atoms with E-state index < -0.39 is 0 Å². The maximum absolute atomic E-state index is 6.08. The third kappa shape index (κ3) is 1.87. The number of hydrogen-bond acceptors (Lipinski definition) is 1. The Labute approximate surface area is 98.4 Å².